The van der Waals surface area contributed by atoms with E-state index in [0.717, 1.165) is 51.6 Å². The molecular weight excluding hydrogens is 246 g/mol. The second kappa shape index (κ2) is 7.22. The highest BCUT2D eigenvalue weighted by Crippen LogP contribution is 2.28. The summed E-state index contributed by atoms with van der Waals surface area (Å²) in [6, 6.07) is 0. The van der Waals surface area contributed by atoms with Gasteiger partial charge in [0.05, 0.1) is 18.6 Å². The van der Waals surface area contributed by atoms with Crippen molar-refractivity contribution < 1.29 is 19.4 Å². The van der Waals surface area contributed by atoms with Crippen molar-refractivity contribution in [3.8, 4) is 0 Å². The minimum atomic E-state index is -0.772. The van der Waals surface area contributed by atoms with E-state index in [1.165, 1.54) is 0 Å². The summed E-state index contributed by atoms with van der Waals surface area (Å²) in [6.07, 6.45) is 4.83. The fraction of sp³-hybridized carbons (Fsp3) is 0.929. The van der Waals surface area contributed by atoms with Crippen molar-refractivity contribution in [1.82, 2.24) is 4.90 Å². The summed E-state index contributed by atoms with van der Waals surface area (Å²) in [7, 11) is 0. The van der Waals surface area contributed by atoms with E-state index in [0.29, 0.717) is 6.61 Å². The van der Waals surface area contributed by atoms with E-state index in [-0.39, 0.29) is 18.0 Å². The number of likely N-dealkylation sites (tertiary alicyclic amines) is 1. The molecule has 2 rings (SSSR count). The lowest BCUT2D eigenvalue weighted by Gasteiger charge is -2.31. The van der Waals surface area contributed by atoms with Gasteiger partial charge in [-0.15, -0.1) is 0 Å². The number of ether oxygens (including phenoxy) is 2. The second-order valence-corrected chi connectivity index (χ2v) is 5.43. The van der Waals surface area contributed by atoms with Gasteiger partial charge in [-0.3, -0.25) is 9.69 Å². The first kappa shape index (κ1) is 14.8. The molecule has 1 N–H and O–H groups in total. The van der Waals surface area contributed by atoms with Gasteiger partial charge in [0.15, 0.2) is 0 Å². The Morgan fingerprint density at radius 2 is 1.89 bits per heavy atom. The van der Waals surface area contributed by atoms with Gasteiger partial charge >= 0.3 is 5.97 Å². The number of hydrogen-bond acceptors (Lipinski definition) is 5. The van der Waals surface area contributed by atoms with E-state index >= 15 is 0 Å². The van der Waals surface area contributed by atoms with Crippen LogP contribution in [0.4, 0.5) is 0 Å². The van der Waals surface area contributed by atoms with E-state index in [2.05, 4.69) is 0 Å². The molecule has 2 fully saturated rings. The molecule has 0 bridgehead atoms. The third kappa shape index (κ3) is 4.16. The maximum atomic E-state index is 11.6. The fourth-order valence-electron chi connectivity index (χ4n) is 2.92. The van der Waals surface area contributed by atoms with Gasteiger partial charge in [0, 0.05) is 13.1 Å². The normalized spacial score (nSPS) is 30.2. The largest absolute Gasteiger partial charge is 0.466 e. The van der Waals surface area contributed by atoms with Crippen LogP contribution in [-0.4, -0.2) is 48.2 Å². The molecule has 19 heavy (non-hydrogen) atoms. The van der Waals surface area contributed by atoms with Gasteiger partial charge < -0.3 is 14.6 Å². The Morgan fingerprint density at radius 3 is 2.47 bits per heavy atom. The first-order valence-electron chi connectivity index (χ1n) is 7.45. The number of nitrogens with zero attached hydrogens (tertiary/aromatic N) is 1. The quantitative estimate of drug-likeness (QED) is 0.606. The number of aliphatic hydroxyl groups excluding tert-OH is 1. The molecule has 5 heteroatoms. The molecule has 1 atom stereocenters. The number of hydrogen-bond donors (Lipinski definition) is 1. The number of aliphatic hydroxyl groups is 1. The zero-order valence-corrected chi connectivity index (χ0v) is 11.7. The maximum Gasteiger partial charge on any atom is 0.308 e. The third-order valence-corrected chi connectivity index (χ3v) is 4.06. The summed E-state index contributed by atoms with van der Waals surface area (Å²) in [6.45, 7) is 4.11. The number of rotatable bonds is 5. The Balaban J connectivity index is 1.69. The number of esters is 1. The third-order valence-electron chi connectivity index (χ3n) is 4.06. The molecule has 0 spiro atoms. The van der Waals surface area contributed by atoms with E-state index < -0.39 is 6.41 Å². The molecule has 1 aliphatic carbocycles. The Kier molecular flexibility index (Phi) is 5.60. The fourth-order valence-corrected chi connectivity index (χ4v) is 2.92. The van der Waals surface area contributed by atoms with Crippen molar-refractivity contribution in [1.29, 1.82) is 0 Å². The topological polar surface area (TPSA) is 59.0 Å². The summed E-state index contributed by atoms with van der Waals surface area (Å²) < 4.78 is 10.7. The summed E-state index contributed by atoms with van der Waals surface area (Å²) in [5.41, 5.74) is 0. The van der Waals surface area contributed by atoms with Gasteiger partial charge in [-0.2, -0.15) is 0 Å². The van der Waals surface area contributed by atoms with E-state index in [9.17, 15) is 9.90 Å². The van der Waals surface area contributed by atoms with Gasteiger partial charge in [-0.1, -0.05) is 0 Å². The van der Waals surface area contributed by atoms with Crippen molar-refractivity contribution in [2.75, 3.05) is 19.7 Å². The van der Waals surface area contributed by atoms with Crippen molar-refractivity contribution in [3.05, 3.63) is 0 Å². The molecule has 2 aliphatic rings. The average Bonchev–Trinajstić information content (AvgIpc) is 2.94. The Morgan fingerprint density at radius 1 is 1.26 bits per heavy atom. The van der Waals surface area contributed by atoms with Crippen LogP contribution in [0.2, 0.25) is 0 Å². The molecular formula is C14H25NO4. The Hall–Kier alpha value is -0.650. The zero-order valence-electron chi connectivity index (χ0n) is 11.7. The molecule has 0 aromatic rings. The van der Waals surface area contributed by atoms with Crippen LogP contribution in [0, 0.1) is 5.92 Å². The summed E-state index contributed by atoms with van der Waals surface area (Å²) in [5, 5.41) is 9.97. The molecule has 1 saturated heterocycles. The average molecular weight is 271 g/mol. The van der Waals surface area contributed by atoms with Crippen molar-refractivity contribution in [3.63, 3.8) is 0 Å². The predicted octanol–water partition coefficient (Wildman–Crippen LogP) is 1.50. The first-order chi connectivity index (χ1) is 9.20. The molecule has 0 aromatic heterocycles. The van der Waals surface area contributed by atoms with Gasteiger partial charge in [0.1, 0.15) is 0 Å². The Labute approximate surface area is 114 Å². The minimum Gasteiger partial charge on any atom is -0.466 e. The van der Waals surface area contributed by atoms with Crippen LogP contribution in [0.1, 0.15) is 45.4 Å². The van der Waals surface area contributed by atoms with Crippen LogP contribution in [0.15, 0.2) is 0 Å². The molecule has 5 nitrogen and oxygen atoms in total. The maximum absolute atomic E-state index is 11.6. The van der Waals surface area contributed by atoms with Crippen LogP contribution >= 0.6 is 0 Å². The Bertz CT molecular complexity index is 283. The van der Waals surface area contributed by atoms with Gasteiger partial charge in [-0.25, -0.2) is 0 Å². The van der Waals surface area contributed by atoms with Crippen molar-refractivity contribution >= 4 is 5.97 Å². The number of carbonyl (C=O) groups is 1. The van der Waals surface area contributed by atoms with Gasteiger partial charge in [0.25, 0.3) is 0 Å². The zero-order chi connectivity index (χ0) is 13.7. The molecule has 110 valence electrons. The molecule has 1 saturated carbocycles. The van der Waals surface area contributed by atoms with Gasteiger partial charge in [-0.05, 0) is 45.4 Å². The smallest absolute Gasteiger partial charge is 0.308 e. The molecule has 1 aliphatic heterocycles. The summed E-state index contributed by atoms with van der Waals surface area (Å²) >= 11 is 0. The predicted molar refractivity (Wildman–Crippen MR) is 70.3 cm³/mol. The molecule has 0 radical (unpaired) electrons. The van der Waals surface area contributed by atoms with Crippen LogP contribution in [0.5, 0.6) is 0 Å². The lowest BCUT2D eigenvalue weighted by atomic mass is 9.87. The van der Waals surface area contributed by atoms with Crippen LogP contribution in [0.3, 0.4) is 0 Å². The van der Waals surface area contributed by atoms with Crippen LogP contribution < -0.4 is 0 Å². The van der Waals surface area contributed by atoms with E-state index in [1.54, 1.807) is 0 Å². The summed E-state index contributed by atoms with van der Waals surface area (Å²) in [5.74, 6) is -0.0650. The minimum absolute atomic E-state index is 0.0173. The molecule has 1 heterocycles. The summed E-state index contributed by atoms with van der Waals surface area (Å²) in [4.78, 5) is 13.6. The highest BCUT2D eigenvalue weighted by Gasteiger charge is 2.30. The van der Waals surface area contributed by atoms with Crippen LogP contribution in [-0.2, 0) is 14.3 Å². The standard InChI is InChI=1S/C14H25NO4/c1-2-18-13(16)11-5-7-12(8-6-11)19-14(17)15-9-3-4-10-15/h11-12,14,17H,2-10H2,1H3. The lowest BCUT2D eigenvalue weighted by Crippen LogP contribution is -2.39. The second-order valence-electron chi connectivity index (χ2n) is 5.43. The first-order valence-corrected chi connectivity index (χ1v) is 7.45. The highest BCUT2D eigenvalue weighted by molar-refractivity contribution is 5.72. The van der Waals surface area contributed by atoms with Crippen molar-refractivity contribution in [2.24, 2.45) is 5.92 Å². The van der Waals surface area contributed by atoms with Gasteiger partial charge in [0.2, 0.25) is 6.41 Å². The number of carbonyl (C=O) groups excluding carboxylic acids is 1. The molecule has 0 amide bonds. The lowest BCUT2D eigenvalue weighted by molar-refractivity contribution is -0.218. The monoisotopic (exact) mass is 271 g/mol. The SMILES string of the molecule is CCOC(=O)C1CCC(OC(O)N2CCCC2)CC1. The molecule has 0 aromatic carbocycles. The van der Waals surface area contributed by atoms with E-state index in [1.807, 2.05) is 11.8 Å². The van der Waals surface area contributed by atoms with E-state index in [4.69, 9.17) is 9.47 Å². The highest BCUT2D eigenvalue weighted by atomic mass is 16.6. The van der Waals surface area contributed by atoms with Crippen LogP contribution in [0.25, 0.3) is 0 Å². The van der Waals surface area contributed by atoms with Crippen molar-refractivity contribution in [2.45, 2.75) is 58.0 Å². The molecule has 1 unspecified atom stereocenters.